The molecule has 0 aromatic heterocycles. The lowest BCUT2D eigenvalue weighted by Crippen LogP contribution is -2.09. The number of carbonyl (C=O) groups is 1. The fourth-order valence-electron chi connectivity index (χ4n) is 1.57. The molecule has 3 nitrogen and oxygen atoms in total. The summed E-state index contributed by atoms with van der Waals surface area (Å²) in [4.78, 5) is 11.9. The number of halogens is 3. The molecular formula is C14H10BrClFNO2. The van der Waals surface area contributed by atoms with Crippen LogP contribution in [0, 0.1) is 5.82 Å². The minimum absolute atomic E-state index is 0.149. The molecule has 20 heavy (non-hydrogen) atoms. The fourth-order valence-corrected chi connectivity index (χ4v) is 2.08. The molecule has 0 aliphatic heterocycles. The Labute approximate surface area is 128 Å². The third-order valence-corrected chi connectivity index (χ3v) is 3.47. The first-order valence-electron chi connectivity index (χ1n) is 5.64. The lowest BCUT2D eigenvalue weighted by atomic mass is 10.2. The molecule has 6 heteroatoms. The Morgan fingerprint density at radius 1 is 1.35 bits per heavy atom. The van der Waals surface area contributed by atoms with Gasteiger partial charge in [0.2, 0.25) is 0 Å². The zero-order valence-electron chi connectivity index (χ0n) is 10.2. The molecule has 0 heterocycles. The Morgan fingerprint density at radius 2 is 2.10 bits per heavy atom. The van der Waals surface area contributed by atoms with Crippen molar-refractivity contribution in [3.05, 3.63) is 62.8 Å². The van der Waals surface area contributed by atoms with Gasteiger partial charge in [-0.3, -0.25) is 0 Å². The van der Waals surface area contributed by atoms with Gasteiger partial charge in [-0.15, -0.1) is 0 Å². The molecular weight excluding hydrogens is 349 g/mol. The van der Waals surface area contributed by atoms with E-state index in [0.29, 0.717) is 4.47 Å². The van der Waals surface area contributed by atoms with Gasteiger partial charge in [0.05, 0.1) is 16.3 Å². The average molecular weight is 359 g/mol. The van der Waals surface area contributed by atoms with Crippen molar-refractivity contribution in [2.24, 2.45) is 0 Å². The van der Waals surface area contributed by atoms with Crippen molar-refractivity contribution < 1.29 is 13.9 Å². The van der Waals surface area contributed by atoms with E-state index in [1.165, 1.54) is 18.2 Å². The standard InChI is InChI=1S/C14H10BrClFNO2/c15-9-5-4-8(12(17)6-9)7-20-14(19)10-2-1-3-11(16)13(10)18/h1-6H,7,18H2. The van der Waals surface area contributed by atoms with Crippen molar-refractivity contribution in [1.29, 1.82) is 0 Å². The second-order valence-electron chi connectivity index (χ2n) is 4.01. The van der Waals surface area contributed by atoms with E-state index in [9.17, 15) is 9.18 Å². The molecule has 2 aromatic carbocycles. The second-order valence-corrected chi connectivity index (χ2v) is 5.34. The van der Waals surface area contributed by atoms with Crippen molar-refractivity contribution in [2.45, 2.75) is 6.61 Å². The summed E-state index contributed by atoms with van der Waals surface area (Å²) in [6.07, 6.45) is 0. The zero-order valence-corrected chi connectivity index (χ0v) is 12.5. The molecule has 2 rings (SSSR count). The minimum atomic E-state index is -0.646. The van der Waals surface area contributed by atoms with Gasteiger partial charge in [-0.25, -0.2) is 9.18 Å². The fraction of sp³-hybridized carbons (Fsp3) is 0.0714. The molecule has 0 amide bonds. The molecule has 0 saturated carbocycles. The number of para-hydroxylation sites is 1. The zero-order chi connectivity index (χ0) is 14.7. The van der Waals surface area contributed by atoms with Crippen LogP contribution in [-0.2, 0) is 11.3 Å². The molecule has 104 valence electrons. The summed E-state index contributed by atoms with van der Waals surface area (Å²) < 4.78 is 19.2. The van der Waals surface area contributed by atoms with Crippen LogP contribution >= 0.6 is 27.5 Å². The van der Waals surface area contributed by atoms with Crippen LogP contribution in [0.15, 0.2) is 40.9 Å². The highest BCUT2D eigenvalue weighted by Crippen LogP contribution is 2.23. The third-order valence-electron chi connectivity index (χ3n) is 2.65. The highest BCUT2D eigenvalue weighted by Gasteiger charge is 2.14. The molecule has 0 aliphatic rings. The van der Waals surface area contributed by atoms with Gasteiger partial charge in [0.25, 0.3) is 0 Å². The van der Waals surface area contributed by atoms with Crippen LogP contribution in [0.1, 0.15) is 15.9 Å². The van der Waals surface area contributed by atoms with Crippen molar-refractivity contribution in [3.63, 3.8) is 0 Å². The van der Waals surface area contributed by atoms with Crippen LogP contribution in [0.25, 0.3) is 0 Å². The number of benzene rings is 2. The van der Waals surface area contributed by atoms with Gasteiger partial charge in [0.1, 0.15) is 12.4 Å². The SMILES string of the molecule is Nc1c(Cl)cccc1C(=O)OCc1ccc(Br)cc1F. The van der Waals surface area contributed by atoms with E-state index in [2.05, 4.69) is 15.9 Å². The number of rotatable bonds is 3. The molecule has 0 radical (unpaired) electrons. The van der Waals surface area contributed by atoms with Crippen LogP contribution in [0.4, 0.5) is 10.1 Å². The molecule has 2 N–H and O–H groups in total. The largest absolute Gasteiger partial charge is 0.457 e. The molecule has 0 saturated heterocycles. The number of nitrogens with two attached hydrogens (primary N) is 1. The summed E-state index contributed by atoms with van der Waals surface area (Å²) in [7, 11) is 0. The summed E-state index contributed by atoms with van der Waals surface area (Å²) in [5.74, 6) is -1.10. The first kappa shape index (κ1) is 14.8. The van der Waals surface area contributed by atoms with Crippen LogP contribution in [-0.4, -0.2) is 5.97 Å². The molecule has 0 spiro atoms. The Kier molecular flexibility index (Phi) is 4.62. The van der Waals surface area contributed by atoms with E-state index in [1.54, 1.807) is 18.2 Å². The first-order valence-corrected chi connectivity index (χ1v) is 6.81. The number of ether oxygens (including phenoxy) is 1. The summed E-state index contributed by atoms with van der Waals surface area (Å²) in [6, 6.07) is 9.17. The summed E-state index contributed by atoms with van der Waals surface area (Å²) >= 11 is 8.97. The van der Waals surface area contributed by atoms with Crippen LogP contribution in [0.2, 0.25) is 5.02 Å². The molecule has 0 aliphatic carbocycles. The summed E-state index contributed by atoms with van der Waals surface area (Å²) in [5, 5.41) is 0.272. The van der Waals surface area contributed by atoms with E-state index in [4.69, 9.17) is 22.1 Å². The lowest BCUT2D eigenvalue weighted by Gasteiger charge is -2.08. The Morgan fingerprint density at radius 3 is 2.80 bits per heavy atom. The molecule has 0 atom stereocenters. The van der Waals surface area contributed by atoms with Crippen molar-refractivity contribution >= 4 is 39.2 Å². The Balaban J connectivity index is 2.11. The summed E-state index contributed by atoms with van der Waals surface area (Å²) in [6.45, 7) is -0.177. The maximum Gasteiger partial charge on any atom is 0.340 e. The third kappa shape index (κ3) is 3.29. The lowest BCUT2D eigenvalue weighted by molar-refractivity contribution is 0.0470. The quantitative estimate of drug-likeness (QED) is 0.661. The van der Waals surface area contributed by atoms with E-state index in [0.717, 1.165) is 0 Å². The predicted octanol–water partition coefficient (Wildman–Crippen LogP) is 4.18. The van der Waals surface area contributed by atoms with Crippen LogP contribution in [0.3, 0.4) is 0 Å². The smallest absolute Gasteiger partial charge is 0.340 e. The van der Waals surface area contributed by atoms with Crippen LogP contribution < -0.4 is 5.73 Å². The number of carbonyl (C=O) groups excluding carboxylic acids is 1. The van der Waals surface area contributed by atoms with Gasteiger partial charge in [-0.1, -0.05) is 39.7 Å². The highest BCUT2D eigenvalue weighted by atomic mass is 79.9. The van der Waals surface area contributed by atoms with E-state index in [-0.39, 0.29) is 28.4 Å². The van der Waals surface area contributed by atoms with Gasteiger partial charge in [0, 0.05) is 10.0 Å². The van der Waals surface area contributed by atoms with Crippen LogP contribution in [0.5, 0.6) is 0 Å². The highest BCUT2D eigenvalue weighted by molar-refractivity contribution is 9.10. The number of hydrogen-bond acceptors (Lipinski definition) is 3. The summed E-state index contributed by atoms with van der Waals surface area (Å²) in [5.41, 5.74) is 6.28. The molecule has 0 fully saturated rings. The average Bonchev–Trinajstić information content (AvgIpc) is 2.40. The first-order chi connectivity index (χ1) is 9.49. The predicted molar refractivity (Wildman–Crippen MR) is 79.1 cm³/mol. The number of esters is 1. The second kappa shape index (κ2) is 6.24. The van der Waals surface area contributed by atoms with E-state index >= 15 is 0 Å². The van der Waals surface area contributed by atoms with Gasteiger partial charge < -0.3 is 10.5 Å². The van der Waals surface area contributed by atoms with Gasteiger partial charge in [-0.2, -0.15) is 0 Å². The number of hydrogen-bond donors (Lipinski definition) is 1. The molecule has 0 bridgehead atoms. The maximum absolute atomic E-state index is 13.6. The van der Waals surface area contributed by atoms with Gasteiger partial charge >= 0.3 is 5.97 Å². The Bertz CT molecular complexity index is 664. The van der Waals surface area contributed by atoms with Gasteiger partial charge in [0.15, 0.2) is 0 Å². The maximum atomic E-state index is 13.6. The van der Waals surface area contributed by atoms with Crippen molar-refractivity contribution in [2.75, 3.05) is 5.73 Å². The van der Waals surface area contributed by atoms with Crippen molar-refractivity contribution in [1.82, 2.24) is 0 Å². The van der Waals surface area contributed by atoms with E-state index in [1.807, 2.05) is 0 Å². The normalized spacial score (nSPS) is 10.3. The Hall–Kier alpha value is -1.59. The van der Waals surface area contributed by atoms with E-state index < -0.39 is 11.8 Å². The minimum Gasteiger partial charge on any atom is -0.457 e. The van der Waals surface area contributed by atoms with Gasteiger partial charge in [-0.05, 0) is 24.3 Å². The molecule has 2 aromatic rings. The molecule has 0 unspecified atom stereocenters. The topological polar surface area (TPSA) is 52.3 Å². The monoisotopic (exact) mass is 357 g/mol. The number of nitrogen functional groups attached to an aromatic ring is 1. The van der Waals surface area contributed by atoms with Crippen molar-refractivity contribution in [3.8, 4) is 0 Å². The number of anilines is 1.